The van der Waals surface area contributed by atoms with Crippen LogP contribution in [0, 0.1) is 0 Å². The van der Waals surface area contributed by atoms with Crippen LogP contribution in [0.2, 0.25) is 0 Å². The van der Waals surface area contributed by atoms with Crippen LogP contribution in [-0.2, 0) is 16.0 Å². The second kappa shape index (κ2) is 8.14. The lowest BCUT2D eigenvalue weighted by molar-refractivity contribution is -0.111. The lowest BCUT2D eigenvalue weighted by Crippen LogP contribution is -2.47. The van der Waals surface area contributed by atoms with Gasteiger partial charge in [-0.05, 0) is 55.8 Å². The van der Waals surface area contributed by atoms with Gasteiger partial charge >= 0.3 is 0 Å². The van der Waals surface area contributed by atoms with Gasteiger partial charge in [-0.2, -0.15) is 0 Å². The molecule has 0 N–H and O–H groups in total. The van der Waals surface area contributed by atoms with E-state index in [4.69, 9.17) is 19.2 Å². The molecule has 1 aromatic heterocycles. The van der Waals surface area contributed by atoms with Gasteiger partial charge in [0.15, 0.2) is 6.29 Å². The molecule has 0 spiro atoms. The van der Waals surface area contributed by atoms with Gasteiger partial charge in [-0.25, -0.2) is 4.98 Å². The highest BCUT2D eigenvalue weighted by molar-refractivity contribution is 5.78. The van der Waals surface area contributed by atoms with Crippen molar-refractivity contribution in [2.45, 2.75) is 38.1 Å². The third-order valence-corrected chi connectivity index (χ3v) is 5.93. The van der Waals surface area contributed by atoms with Crippen LogP contribution < -0.4 is 4.74 Å². The zero-order valence-electron chi connectivity index (χ0n) is 16.8. The summed E-state index contributed by atoms with van der Waals surface area (Å²) in [6, 6.07) is 16.8. The molecular weight excluding hydrogens is 366 g/mol. The van der Waals surface area contributed by atoms with Crippen LogP contribution in [0.3, 0.4) is 0 Å². The van der Waals surface area contributed by atoms with Gasteiger partial charge in [-0.3, -0.25) is 9.47 Å². The number of benzene rings is 2. The highest BCUT2D eigenvalue weighted by atomic mass is 16.7. The summed E-state index contributed by atoms with van der Waals surface area (Å²) in [5, 5.41) is 0. The fraction of sp³-hybridized carbons (Fsp3) is 0.435. The molecule has 3 aromatic rings. The topological polar surface area (TPSA) is 48.8 Å². The number of para-hydroxylation sites is 2. The summed E-state index contributed by atoms with van der Waals surface area (Å²) in [5.74, 6) is 1.90. The lowest BCUT2D eigenvalue weighted by atomic mass is 10.0. The zero-order chi connectivity index (χ0) is 19.6. The van der Waals surface area contributed by atoms with Crippen LogP contribution in [0.1, 0.15) is 25.1 Å². The number of ether oxygens (including phenoxy) is 3. The van der Waals surface area contributed by atoms with E-state index in [1.54, 1.807) is 7.11 Å². The summed E-state index contributed by atoms with van der Waals surface area (Å²) in [6.07, 6.45) is 3.41. The number of methoxy groups -OCH3 is 1. The number of likely N-dealkylation sites (tertiary alicyclic amines) is 1. The third kappa shape index (κ3) is 3.64. The van der Waals surface area contributed by atoms with Crippen LogP contribution in [0.5, 0.6) is 5.75 Å². The first kappa shape index (κ1) is 18.6. The molecule has 0 saturated carbocycles. The summed E-state index contributed by atoms with van der Waals surface area (Å²) in [4.78, 5) is 7.48. The number of hydrogen-bond acceptors (Lipinski definition) is 5. The van der Waals surface area contributed by atoms with Gasteiger partial charge in [0, 0.05) is 5.69 Å². The monoisotopic (exact) mass is 393 g/mol. The van der Waals surface area contributed by atoms with E-state index in [0.717, 1.165) is 47.8 Å². The Morgan fingerprint density at radius 1 is 1.03 bits per heavy atom. The minimum absolute atomic E-state index is 0.117. The van der Waals surface area contributed by atoms with E-state index in [0.29, 0.717) is 13.2 Å². The van der Waals surface area contributed by atoms with Crippen molar-refractivity contribution in [3.05, 3.63) is 54.4 Å². The van der Waals surface area contributed by atoms with Crippen LogP contribution >= 0.6 is 0 Å². The summed E-state index contributed by atoms with van der Waals surface area (Å²) in [6.45, 7) is 3.20. The second-order valence-corrected chi connectivity index (χ2v) is 7.69. The molecule has 2 aliphatic heterocycles. The normalized spacial score (nSPS) is 21.1. The number of imidazole rings is 1. The summed E-state index contributed by atoms with van der Waals surface area (Å²) >= 11 is 0. The molecule has 2 fully saturated rings. The van der Waals surface area contributed by atoms with Crippen LogP contribution in [-0.4, -0.2) is 53.7 Å². The van der Waals surface area contributed by atoms with Gasteiger partial charge in [0.25, 0.3) is 0 Å². The maximum atomic E-state index is 5.85. The number of hydrogen-bond donors (Lipinski definition) is 0. The Hall–Kier alpha value is -2.41. The number of aromatic nitrogens is 2. The largest absolute Gasteiger partial charge is 0.497 e. The van der Waals surface area contributed by atoms with E-state index in [1.807, 2.05) is 18.2 Å². The van der Waals surface area contributed by atoms with Crippen molar-refractivity contribution in [3.63, 3.8) is 0 Å². The Bertz CT molecular complexity index is 963. The van der Waals surface area contributed by atoms with Gasteiger partial charge < -0.3 is 14.2 Å². The maximum Gasteiger partial charge on any atom is 0.173 e. The first-order valence-corrected chi connectivity index (χ1v) is 10.4. The number of rotatable bonds is 5. The van der Waals surface area contributed by atoms with Crippen molar-refractivity contribution in [1.82, 2.24) is 14.5 Å². The Morgan fingerprint density at radius 2 is 1.83 bits per heavy atom. The van der Waals surface area contributed by atoms with E-state index < -0.39 is 0 Å². The molecule has 1 atom stereocenters. The quantitative estimate of drug-likeness (QED) is 0.661. The summed E-state index contributed by atoms with van der Waals surface area (Å²) in [7, 11) is 1.69. The standard InChI is InChI=1S/C23H27N3O3/c1-27-18-11-9-17(10-12-18)26-20-7-3-2-6-19(20)24-22(26)16-25-13-5-4-8-21(25)23-28-14-15-29-23/h2-3,6-7,9-12,21,23H,4-5,8,13-16H2,1H3. The van der Waals surface area contributed by atoms with Crippen LogP contribution in [0.25, 0.3) is 16.7 Å². The molecule has 0 aliphatic carbocycles. The van der Waals surface area contributed by atoms with Crippen molar-refractivity contribution in [2.75, 3.05) is 26.9 Å². The van der Waals surface area contributed by atoms with E-state index in [2.05, 4.69) is 39.8 Å². The SMILES string of the molecule is COc1ccc(-n2c(CN3CCCCC3C3OCCO3)nc3ccccc32)cc1. The van der Waals surface area contributed by atoms with Gasteiger partial charge in [-0.15, -0.1) is 0 Å². The highest BCUT2D eigenvalue weighted by Gasteiger charge is 2.34. The molecule has 0 radical (unpaired) electrons. The second-order valence-electron chi connectivity index (χ2n) is 7.69. The van der Waals surface area contributed by atoms with E-state index in [-0.39, 0.29) is 12.3 Å². The summed E-state index contributed by atoms with van der Waals surface area (Å²) < 4.78 is 19.3. The average Bonchev–Trinajstić information content (AvgIpc) is 3.42. The van der Waals surface area contributed by atoms with Gasteiger partial charge in [0.1, 0.15) is 11.6 Å². The van der Waals surface area contributed by atoms with Crippen LogP contribution in [0.4, 0.5) is 0 Å². The molecule has 2 aromatic carbocycles. The Balaban J connectivity index is 1.51. The molecule has 1 unspecified atom stereocenters. The number of nitrogens with zero attached hydrogens (tertiary/aromatic N) is 3. The minimum atomic E-state index is -0.117. The number of piperidine rings is 1. The third-order valence-electron chi connectivity index (χ3n) is 5.93. The van der Waals surface area contributed by atoms with Crippen molar-refractivity contribution < 1.29 is 14.2 Å². The molecule has 0 bridgehead atoms. The smallest absolute Gasteiger partial charge is 0.173 e. The molecule has 6 nitrogen and oxygen atoms in total. The predicted molar refractivity (Wildman–Crippen MR) is 111 cm³/mol. The van der Waals surface area contributed by atoms with Crippen molar-refractivity contribution in [1.29, 1.82) is 0 Å². The molecule has 2 saturated heterocycles. The fourth-order valence-electron chi connectivity index (χ4n) is 4.50. The minimum Gasteiger partial charge on any atom is -0.497 e. The van der Waals surface area contributed by atoms with Crippen LogP contribution in [0.15, 0.2) is 48.5 Å². The molecule has 152 valence electrons. The van der Waals surface area contributed by atoms with Gasteiger partial charge in [-0.1, -0.05) is 18.6 Å². The van der Waals surface area contributed by atoms with Crippen molar-refractivity contribution >= 4 is 11.0 Å². The van der Waals surface area contributed by atoms with Crippen molar-refractivity contribution in [2.24, 2.45) is 0 Å². The lowest BCUT2D eigenvalue weighted by Gasteiger charge is -2.37. The molecule has 2 aliphatic rings. The van der Waals surface area contributed by atoms with Gasteiger partial charge in [0.05, 0.1) is 43.9 Å². The molecule has 0 amide bonds. The Morgan fingerprint density at radius 3 is 2.62 bits per heavy atom. The zero-order valence-corrected chi connectivity index (χ0v) is 16.8. The highest BCUT2D eigenvalue weighted by Crippen LogP contribution is 2.29. The fourth-order valence-corrected chi connectivity index (χ4v) is 4.50. The molecule has 3 heterocycles. The van der Waals surface area contributed by atoms with Crippen molar-refractivity contribution in [3.8, 4) is 11.4 Å². The first-order chi connectivity index (χ1) is 14.3. The first-order valence-electron chi connectivity index (χ1n) is 10.4. The van der Waals surface area contributed by atoms with E-state index in [1.165, 1.54) is 12.8 Å². The molecule has 5 rings (SSSR count). The average molecular weight is 393 g/mol. The molecular formula is C23H27N3O3. The molecule has 29 heavy (non-hydrogen) atoms. The predicted octanol–water partition coefficient (Wildman–Crippen LogP) is 3.76. The van der Waals surface area contributed by atoms with E-state index >= 15 is 0 Å². The molecule has 6 heteroatoms. The Kier molecular flexibility index (Phi) is 5.23. The summed E-state index contributed by atoms with van der Waals surface area (Å²) in [5.41, 5.74) is 3.23. The Labute approximate surface area is 171 Å². The van der Waals surface area contributed by atoms with E-state index in [9.17, 15) is 0 Å². The van der Waals surface area contributed by atoms with Gasteiger partial charge in [0.2, 0.25) is 0 Å². The maximum absolute atomic E-state index is 5.85. The number of fused-ring (bicyclic) bond motifs is 1.